The molecule has 0 aliphatic heterocycles. The van der Waals surface area contributed by atoms with Crippen molar-refractivity contribution in [1.82, 2.24) is 0 Å². The molecule has 0 nitrogen and oxygen atoms in total. The molecule has 0 amide bonds. The molecule has 4 aromatic carbocycles. The standard InChI is InChI=1S/C26H23ClP/c27-20-22-11-10-12-23(19-22)21-28(24-13-4-1-5-14-24,25-15-6-2-7-16-25)26-17-8-3-9-18-26/h1-19H,20-21H2/q+1. The van der Waals surface area contributed by atoms with Crippen LogP contribution in [0.15, 0.2) is 115 Å². The van der Waals surface area contributed by atoms with Crippen molar-refractivity contribution in [3.05, 3.63) is 126 Å². The first kappa shape index (κ1) is 18.9. The molecule has 0 unspecified atom stereocenters. The van der Waals surface area contributed by atoms with Crippen molar-refractivity contribution in [3.63, 3.8) is 0 Å². The van der Waals surface area contributed by atoms with Gasteiger partial charge in [0, 0.05) is 5.88 Å². The SMILES string of the molecule is ClCc1cccc(C[P+](c2ccccc2)(c2ccccc2)c2ccccc2)c1. The second-order valence-corrected chi connectivity index (χ2v) is 10.7. The normalized spacial score (nSPS) is 11.3. The maximum atomic E-state index is 6.13. The summed E-state index contributed by atoms with van der Waals surface area (Å²) in [5.74, 6) is 0.543. The van der Waals surface area contributed by atoms with E-state index >= 15 is 0 Å². The van der Waals surface area contributed by atoms with Gasteiger partial charge in [-0.2, -0.15) is 0 Å². The van der Waals surface area contributed by atoms with Gasteiger partial charge in [-0.25, -0.2) is 0 Å². The number of benzene rings is 4. The molecule has 0 aliphatic rings. The fraction of sp³-hybridized carbons (Fsp3) is 0.0769. The summed E-state index contributed by atoms with van der Waals surface area (Å²) in [6, 6.07) is 41.7. The summed E-state index contributed by atoms with van der Waals surface area (Å²) in [4.78, 5) is 0. The van der Waals surface area contributed by atoms with Crippen molar-refractivity contribution >= 4 is 34.8 Å². The van der Waals surface area contributed by atoms with E-state index in [0.717, 1.165) is 6.16 Å². The Morgan fingerprint density at radius 3 is 1.36 bits per heavy atom. The highest BCUT2D eigenvalue weighted by Gasteiger charge is 2.45. The van der Waals surface area contributed by atoms with Crippen LogP contribution in [0.5, 0.6) is 0 Å². The molecular formula is C26H23ClP+. The molecule has 0 saturated heterocycles. The minimum atomic E-state index is -1.85. The third kappa shape index (κ3) is 3.76. The average molecular weight is 402 g/mol. The number of alkyl halides is 1. The first-order chi connectivity index (χ1) is 13.8. The molecule has 0 aromatic heterocycles. The predicted octanol–water partition coefficient (Wildman–Crippen LogP) is 5.92. The molecule has 0 radical (unpaired) electrons. The highest BCUT2D eigenvalue weighted by atomic mass is 35.5. The molecule has 0 spiro atoms. The van der Waals surface area contributed by atoms with Crippen molar-refractivity contribution in [2.24, 2.45) is 0 Å². The van der Waals surface area contributed by atoms with Crippen LogP contribution in [0.2, 0.25) is 0 Å². The highest BCUT2D eigenvalue weighted by molar-refractivity contribution is 7.95. The largest absolute Gasteiger partial charge is 0.122 e. The molecule has 28 heavy (non-hydrogen) atoms. The fourth-order valence-electron chi connectivity index (χ4n) is 3.85. The van der Waals surface area contributed by atoms with E-state index in [4.69, 9.17) is 11.6 Å². The van der Waals surface area contributed by atoms with Gasteiger partial charge in [-0.15, -0.1) is 11.6 Å². The Bertz CT molecular complexity index is 917. The maximum Gasteiger partial charge on any atom is 0.116 e. The van der Waals surface area contributed by atoms with Gasteiger partial charge in [0.05, 0.1) is 6.16 Å². The van der Waals surface area contributed by atoms with Gasteiger partial charge in [0.15, 0.2) is 0 Å². The van der Waals surface area contributed by atoms with E-state index in [-0.39, 0.29) is 0 Å². The van der Waals surface area contributed by atoms with Crippen molar-refractivity contribution in [1.29, 1.82) is 0 Å². The van der Waals surface area contributed by atoms with Crippen LogP contribution in [0.25, 0.3) is 0 Å². The number of halogens is 1. The third-order valence-corrected chi connectivity index (χ3v) is 9.84. The van der Waals surface area contributed by atoms with Gasteiger partial charge in [0.25, 0.3) is 0 Å². The predicted molar refractivity (Wildman–Crippen MR) is 125 cm³/mol. The minimum absolute atomic E-state index is 0.543. The lowest BCUT2D eigenvalue weighted by atomic mass is 10.2. The van der Waals surface area contributed by atoms with Crippen molar-refractivity contribution < 1.29 is 0 Å². The summed E-state index contributed by atoms with van der Waals surface area (Å²) in [6.07, 6.45) is 0.982. The zero-order valence-corrected chi connectivity index (χ0v) is 17.4. The molecule has 0 heterocycles. The van der Waals surface area contributed by atoms with E-state index in [0.29, 0.717) is 5.88 Å². The molecule has 0 atom stereocenters. The van der Waals surface area contributed by atoms with E-state index in [2.05, 4.69) is 115 Å². The van der Waals surface area contributed by atoms with Gasteiger partial charge in [-0.1, -0.05) is 78.9 Å². The smallest absolute Gasteiger partial charge is 0.116 e. The van der Waals surface area contributed by atoms with Crippen LogP contribution < -0.4 is 15.9 Å². The first-order valence-electron chi connectivity index (χ1n) is 9.51. The monoisotopic (exact) mass is 401 g/mol. The molecule has 0 bridgehead atoms. The molecule has 138 valence electrons. The maximum absolute atomic E-state index is 6.13. The third-order valence-electron chi connectivity index (χ3n) is 5.16. The topological polar surface area (TPSA) is 0 Å². The summed E-state index contributed by atoms with van der Waals surface area (Å²) in [5.41, 5.74) is 2.51. The van der Waals surface area contributed by atoms with Crippen LogP contribution in [0.3, 0.4) is 0 Å². The average Bonchev–Trinajstić information content (AvgIpc) is 2.79. The lowest BCUT2D eigenvalue weighted by Gasteiger charge is -2.28. The second kappa shape index (κ2) is 8.74. The Hall–Kier alpha value is -2.40. The number of hydrogen-bond donors (Lipinski definition) is 0. The molecule has 0 fully saturated rings. The molecular weight excluding hydrogens is 379 g/mol. The van der Waals surface area contributed by atoms with E-state index in [1.165, 1.54) is 27.0 Å². The summed E-state index contributed by atoms with van der Waals surface area (Å²) < 4.78 is 0. The Labute approximate surface area is 173 Å². The van der Waals surface area contributed by atoms with Crippen LogP contribution in [0.1, 0.15) is 11.1 Å². The van der Waals surface area contributed by atoms with Gasteiger partial charge in [0.2, 0.25) is 0 Å². The van der Waals surface area contributed by atoms with Crippen LogP contribution in [-0.4, -0.2) is 0 Å². The van der Waals surface area contributed by atoms with Crippen LogP contribution >= 0.6 is 18.9 Å². The Morgan fingerprint density at radius 1 is 0.500 bits per heavy atom. The lowest BCUT2D eigenvalue weighted by molar-refractivity contribution is 1.31. The van der Waals surface area contributed by atoms with Crippen LogP contribution in [-0.2, 0) is 12.0 Å². The second-order valence-electron chi connectivity index (χ2n) is 6.93. The van der Waals surface area contributed by atoms with Crippen molar-refractivity contribution in [2.75, 3.05) is 0 Å². The van der Waals surface area contributed by atoms with Gasteiger partial charge in [-0.3, -0.25) is 0 Å². The molecule has 0 N–H and O–H groups in total. The van der Waals surface area contributed by atoms with Gasteiger partial charge in [-0.05, 0) is 47.5 Å². The van der Waals surface area contributed by atoms with Gasteiger partial charge >= 0.3 is 0 Å². The summed E-state index contributed by atoms with van der Waals surface area (Å²) in [5, 5.41) is 4.22. The molecule has 4 aromatic rings. The Kier molecular flexibility index (Phi) is 5.91. The minimum Gasteiger partial charge on any atom is -0.122 e. The molecule has 4 rings (SSSR count). The van der Waals surface area contributed by atoms with Crippen LogP contribution in [0.4, 0.5) is 0 Å². The van der Waals surface area contributed by atoms with E-state index in [9.17, 15) is 0 Å². The lowest BCUT2D eigenvalue weighted by Crippen LogP contribution is -2.32. The zero-order chi connectivity index (χ0) is 19.2. The van der Waals surface area contributed by atoms with Crippen LogP contribution in [0, 0.1) is 0 Å². The highest BCUT2D eigenvalue weighted by Crippen LogP contribution is 2.58. The molecule has 0 aliphatic carbocycles. The van der Waals surface area contributed by atoms with Crippen molar-refractivity contribution in [3.8, 4) is 0 Å². The van der Waals surface area contributed by atoms with Crippen molar-refractivity contribution in [2.45, 2.75) is 12.0 Å². The molecule has 2 heteroatoms. The van der Waals surface area contributed by atoms with Gasteiger partial charge < -0.3 is 0 Å². The Balaban J connectivity index is 1.98. The van der Waals surface area contributed by atoms with Gasteiger partial charge in [0.1, 0.15) is 23.2 Å². The van der Waals surface area contributed by atoms with E-state index in [1.807, 2.05) is 0 Å². The quantitative estimate of drug-likeness (QED) is 0.278. The van der Waals surface area contributed by atoms with E-state index in [1.54, 1.807) is 0 Å². The Morgan fingerprint density at radius 2 is 0.929 bits per heavy atom. The zero-order valence-electron chi connectivity index (χ0n) is 15.7. The number of hydrogen-bond acceptors (Lipinski definition) is 0. The number of rotatable bonds is 6. The first-order valence-corrected chi connectivity index (χ1v) is 12.0. The fourth-order valence-corrected chi connectivity index (χ4v) is 8.25. The summed E-state index contributed by atoms with van der Waals surface area (Å²) >= 11 is 6.13. The molecule has 0 saturated carbocycles. The van der Waals surface area contributed by atoms with E-state index < -0.39 is 7.26 Å². The summed E-state index contributed by atoms with van der Waals surface area (Å²) in [6.45, 7) is 0. The summed E-state index contributed by atoms with van der Waals surface area (Å²) in [7, 11) is -1.85.